The van der Waals surface area contributed by atoms with E-state index in [-0.39, 0.29) is 5.91 Å². The Morgan fingerprint density at radius 3 is 2.81 bits per heavy atom. The van der Waals surface area contributed by atoms with Crippen molar-refractivity contribution in [1.29, 1.82) is 0 Å². The molecule has 4 rings (SSSR count). The molecule has 3 aromatic heterocycles. The molecule has 0 aliphatic carbocycles. The molecule has 0 atom stereocenters. The van der Waals surface area contributed by atoms with Crippen LogP contribution in [0, 0.1) is 13.8 Å². The van der Waals surface area contributed by atoms with Gasteiger partial charge in [-0.3, -0.25) is 14.8 Å². The van der Waals surface area contributed by atoms with Gasteiger partial charge in [-0.25, -0.2) is 0 Å². The smallest absolute Gasteiger partial charge is 0.257 e. The quantitative estimate of drug-likeness (QED) is 0.544. The zero-order chi connectivity index (χ0) is 18.8. The zero-order valence-corrected chi connectivity index (χ0v) is 16.5. The molecule has 0 saturated carbocycles. The normalized spacial score (nSPS) is 10.9. The van der Waals surface area contributed by atoms with Gasteiger partial charge in [-0.2, -0.15) is 16.4 Å². The van der Waals surface area contributed by atoms with E-state index in [4.69, 9.17) is 0 Å². The predicted octanol–water partition coefficient (Wildman–Crippen LogP) is 4.38. The van der Waals surface area contributed by atoms with Gasteiger partial charge in [-0.05, 0) is 49.1 Å². The lowest BCUT2D eigenvalue weighted by Crippen LogP contribution is -2.12. The van der Waals surface area contributed by atoms with E-state index < -0.39 is 0 Å². The first kappa shape index (κ1) is 17.6. The van der Waals surface area contributed by atoms with Gasteiger partial charge in [0.2, 0.25) is 5.13 Å². The lowest BCUT2D eigenvalue weighted by atomic mass is 10.1. The molecule has 3 heterocycles. The number of aryl methyl sites for hydroxylation is 2. The van der Waals surface area contributed by atoms with Gasteiger partial charge >= 0.3 is 0 Å². The van der Waals surface area contributed by atoms with Crippen LogP contribution >= 0.6 is 22.7 Å². The highest BCUT2D eigenvalue weighted by Gasteiger charge is 2.12. The SMILES string of the molecule is Cc1cc(C)n(Cc2cccc(C(=O)Nc3nnc(-c4ccsc4)s3)c2)n1. The molecule has 0 fully saturated rings. The first-order valence-electron chi connectivity index (χ1n) is 8.36. The van der Waals surface area contributed by atoms with Crippen LogP contribution in [0.5, 0.6) is 0 Å². The van der Waals surface area contributed by atoms with E-state index in [1.807, 2.05) is 59.6 Å². The summed E-state index contributed by atoms with van der Waals surface area (Å²) in [6.07, 6.45) is 0. The standard InChI is InChI=1S/C19H17N5OS2/c1-12-8-13(2)24(23-12)10-14-4-3-5-15(9-14)17(25)20-19-22-21-18(27-19)16-6-7-26-11-16/h3-9,11H,10H2,1-2H3,(H,20,22,25). The lowest BCUT2D eigenvalue weighted by molar-refractivity contribution is 0.102. The zero-order valence-electron chi connectivity index (χ0n) is 14.8. The number of nitrogens with one attached hydrogen (secondary N) is 1. The van der Waals surface area contributed by atoms with Crippen molar-refractivity contribution in [3.63, 3.8) is 0 Å². The Morgan fingerprint density at radius 2 is 2.07 bits per heavy atom. The Kier molecular flexibility index (Phi) is 4.83. The molecule has 1 N–H and O–H groups in total. The molecular formula is C19H17N5OS2. The molecule has 136 valence electrons. The topological polar surface area (TPSA) is 72.7 Å². The molecule has 6 nitrogen and oxygen atoms in total. The molecule has 0 bridgehead atoms. The number of hydrogen-bond acceptors (Lipinski definition) is 6. The summed E-state index contributed by atoms with van der Waals surface area (Å²) in [6.45, 7) is 4.62. The van der Waals surface area contributed by atoms with E-state index in [9.17, 15) is 4.79 Å². The van der Waals surface area contributed by atoms with Crippen molar-refractivity contribution in [2.24, 2.45) is 0 Å². The molecule has 4 aromatic rings. The van der Waals surface area contributed by atoms with E-state index >= 15 is 0 Å². The summed E-state index contributed by atoms with van der Waals surface area (Å²) in [4.78, 5) is 12.6. The Hall–Kier alpha value is -2.84. The van der Waals surface area contributed by atoms with Crippen LogP contribution in [0.2, 0.25) is 0 Å². The maximum atomic E-state index is 12.6. The molecule has 0 aliphatic heterocycles. The first-order valence-corrected chi connectivity index (χ1v) is 10.1. The molecule has 0 saturated heterocycles. The highest BCUT2D eigenvalue weighted by Crippen LogP contribution is 2.28. The van der Waals surface area contributed by atoms with Gasteiger partial charge < -0.3 is 0 Å². The van der Waals surface area contributed by atoms with Gasteiger partial charge in [0, 0.05) is 22.2 Å². The predicted molar refractivity (Wildman–Crippen MR) is 108 cm³/mol. The van der Waals surface area contributed by atoms with Crippen molar-refractivity contribution in [1.82, 2.24) is 20.0 Å². The minimum atomic E-state index is -0.196. The number of nitrogens with zero attached hydrogens (tertiary/aromatic N) is 4. The Balaban J connectivity index is 1.48. The van der Waals surface area contributed by atoms with E-state index in [1.54, 1.807) is 17.4 Å². The summed E-state index contributed by atoms with van der Waals surface area (Å²) in [5, 5.41) is 20.8. The van der Waals surface area contributed by atoms with Crippen LogP contribution in [0.15, 0.2) is 47.2 Å². The van der Waals surface area contributed by atoms with Gasteiger partial charge in [0.05, 0.1) is 12.2 Å². The number of benzene rings is 1. The molecule has 0 unspecified atom stereocenters. The first-order chi connectivity index (χ1) is 13.1. The minimum Gasteiger partial charge on any atom is -0.296 e. The van der Waals surface area contributed by atoms with Crippen LogP contribution < -0.4 is 5.32 Å². The highest BCUT2D eigenvalue weighted by molar-refractivity contribution is 7.19. The van der Waals surface area contributed by atoms with Gasteiger partial charge in [0.15, 0.2) is 0 Å². The summed E-state index contributed by atoms with van der Waals surface area (Å²) in [6, 6.07) is 11.6. The second kappa shape index (κ2) is 7.42. The average molecular weight is 396 g/mol. The van der Waals surface area contributed by atoms with Crippen LogP contribution in [-0.4, -0.2) is 25.9 Å². The Bertz CT molecular complexity index is 1080. The van der Waals surface area contributed by atoms with E-state index in [1.165, 1.54) is 11.3 Å². The van der Waals surface area contributed by atoms with Crippen LogP contribution in [0.3, 0.4) is 0 Å². The van der Waals surface area contributed by atoms with Crippen molar-refractivity contribution in [2.75, 3.05) is 5.32 Å². The number of carbonyl (C=O) groups is 1. The summed E-state index contributed by atoms with van der Waals surface area (Å²) < 4.78 is 1.93. The minimum absolute atomic E-state index is 0.196. The summed E-state index contributed by atoms with van der Waals surface area (Å²) in [5.74, 6) is -0.196. The van der Waals surface area contributed by atoms with Gasteiger partial charge in [-0.15, -0.1) is 10.2 Å². The Morgan fingerprint density at radius 1 is 1.19 bits per heavy atom. The number of carbonyl (C=O) groups excluding carboxylic acids is 1. The number of thiophene rings is 1. The molecule has 27 heavy (non-hydrogen) atoms. The monoisotopic (exact) mass is 395 g/mol. The van der Waals surface area contributed by atoms with Crippen molar-refractivity contribution >= 4 is 33.7 Å². The molecule has 0 radical (unpaired) electrons. The van der Waals surface area contributed by atoms with Crippen LogP contribution in [0.25, 0.3) is 10.6 Å². The average Bonchev–Trinajstić information content (AvgIpc) is 3.37. The van der Waals surface area contributed by atoms with E-state index in [0.717, 1.165) is 27.5 Å². The van der Waals surface area contributed by atoms with Crippen LogP contribution in [0.1, 0.15) is 27.3 Å². The van der Waals surface area contributed by atoms with Crippen LogP contribution in [0.4, 0.5) is 5.13 Å². The van der Waals surface area contributed by atoms with Gasteiger partial charge in [0.25, 0.3) is 5.91 Å². The number of anilines is 1. The second-order valence-corrected chi connectivity index (χ2v) is 7.92. The van der Waals surface area contributed by atoms with Gasteiger partial charge in [0.1, 0.15) is 5.01 Å². The number of hydrogen-bond donors (Lipinski definition) is 1. The number of rotatable bonds is 5. The molecule has 8 heteroatoms. The van der Waals surface area contributed by atoms with Crippen molar-refractivity contribution < 1.29 is 4.79 Å². The van der Waals surface area contributed by atoms with Gasteiger partial charge in [-0.1, -0.05) is 23.5 Å². The van der Waals surface area contributed by atoms with Crippen LogP contribution in [-0.2, 0) is 6.54 Å². The third kappa shape index (κ3) is 3.96. The lowest BCUT2D eigenvalue weighted by Gasteiger charge is -2.07. The second-order valence-electron chi connectivity index (χ2n) is 6.16. The van der Waals surface area contributed by atoms with E-state index in [0.29, 0.717) is 17.2 Å². The highest BCUT2D eigenvalue weighted by atomic mass is 32.1. The fraction of sp³-hybridized carbons (Fsp3) is 0.158. The summed E-state index contributed by atoms with van der Waals surface area (Å²) in [5.41, 5.74) is 4.70. The summed E-state index contributed by atoms with van der Waals surface area (Å²) >= 11 is 2.97. The largest absolute Gasteiger partial charge is 0.296 e. The number of aromatic nitrogens is 4. The Labute approximate surface area is 164 Å². The maximum absolute atomic E-state index is 12.6. The maximum Gasteiger partial charge on any atom is 0.257 e. The third-order valence-electron chi connectivity index (χ3n) is 4.04. The molecule has 1 amide bonds. The van der Waals surface area contributed by atoms with Crippen molar-refractivity contribution in [3.8, 4) is 10.6 Å². The number of amides is 1. The van der Waals surface area contributed by atoms with E-state index in [2.05, 4.69) is 20.6 Å². The fourth-order valence-electron chi connectivity index (χ4n) is 2.76. The molecule has 0 spiro atoms. The molecular weight excluding hydrogens is 378 g/mol. The fourth-order valence-corrected chi connectivity index (χ4v) is 4.21. The molecule has 0 aliphatic rings. The van der Waals surface area contributed by atoms with Crippen molar-refractivity contribution in [2.45, 2.75) is 20.4 Å². The summed E-state index contributed by atoms with van der Waals surface area (Å²) in [7, 11) is 0. The third-order valence-corrected chi connectivity index (χ3v) is 5.61. The van der Waals surface area contributed by atoms with Crippen molar-refractivity contribution in [3.05, 3.63) is 69.7 Å². The molecule has 1 aromatic carbocycles.